The van der Waals surface area contributed by atoms with E-state index in [-0.39, 0.29) is 0 Å². The molecule has 0 fully saturated rings. The molecule has 51 heavy (non-hydrogen) atoms. The largest absolute Gasteiger partial charge is 0.292 e. The van der Waals surface area contributed by atoms with Gasteiger partial charge in [0.15, 0.2) is 0 Å². The molecule has 0 aliphatic carbocycles. The molecule has 0 radical (unpaired) electrons. The summed E-state index contributed by atoms with van der Waals surface area (Å²) >= 11 is 0. The topological polar surface area (TPSA) is 43.6 Å². The zero-order chi connectivity index (χ0) is 33.7. The SMILES string of the molecule is c1ccc(-c2c3ccccc3nc3c2ccc2ccc(-c4ccc(-c5ccc(-c6nc7ccccc7n6-c6ccccc6)cc5)cc4)nc23)cc1. The summed E-state index contributed by atoms with van der Waals surface area (Å²) in [4.78, 5) is 15.5. The monoisotopic (exact) mass is 650 g/mol. The number of fused-ring (bicyclic) bond motifs is 5. The zero-order valence-corrected chi connectivity index (χ0v) is 27.6. The lowest BCUT2D eigenvalue weighted by molar-refractivity contribution is 1.10. The molecule has 10 aromatic rings. The molecule has 0 amide bonds. The molecule has 7 aromatic carbocycles. The third-order valence-corrected chi connectivity index (χ3v) is 9.81. The van der Waals surface area contributed by atoms with Crippen LogP contribution >= 0.6 is 0 Å². The predicted octanol–water partition coefficient (Wildman–Crippen LogP) is 11.9. The molecule has 0 bridgehead atoms. The lowest BCUT2D eigenvalue weighted by atomic mass is 9.95. The van der Waals surface area contributed by atoms with Gasteiger partial charge < -0.3 is 0 Å². The number of hydrogen-bond donors (Lipinski definition) is 0. The summed E-state index contributed by atoms with van der Waals surface area (Å²) < 4.78 is 2.24. The second-order valence-electron chi connectivity index (χ2n) is 12.8. The maximum absolute atomic E-state index is 5.24. The van der Waals surface area contributed by atoms with Crippen molar-refractivity contribution in [3.8, 4) is 50.6 Å². The van der Waals surface area contributed by atoms with Crippen LogP contribution in [0.4, 0.5) is 0 Å². The van der Waals surface area contributed by atoms with E-state index in [1.807, 2.05) is 12.1 Å². The number of benzene rings is 7. The van der Waals surface area contributed by atoms with Crippen molar-refractivity contribution in [2.75, 3.05) is 0 Å². The van der Waals surface area contributed by atoms with Crippen LogP contribution in [0.3, 0.4) is 0 Å². The predicted molar refractivity (Wildman–Crippen MR) is 211 cm³/mol. The van der Waals surface area contributed by atoms with Gasteiger partial charge in [-0.1, -0.05) is 146 Å². The third-order valence-electron chi connectivity index (χ3n) is 9.81. The van der Waals surface area contributed by atoms with Gasteiger partial charge in [-0.25, -0.2) is 15.0 Å². The Labute approximate surface area is 295 Å². The summed E-state index contributed by atoms with van der Waals surface area (Å²) in [5.41, 5.74) is 13.7. The summed E-state index contributed by atoms with van der Waals surface area (Å²) in [5, 5.41) is 3.32. The van der Waals surface area contributed by atoms with Gasteiger partial charge in [0.05, 0.1) is 33.3 Å². The van der Waals surface area contributed by atoms with Crippen LogP contribution in [0, 0.1) is 0 Å². The van der Waals surface area contributed by atoms with Crippen molar-refractivity contribution in [2.45, 2.75) is 0 Å². The number of aromatic nitrogens is 4. The Kier molecular flexibility index (Phi) is 6.78. The standard InChI is InChI=1S/C47H30N4/c1-3-11-34(12-4-1)44-38-15-7-8-16-41(38)49-46-39(44)29-27-35-28-30-40(48-45(35)46)33-23-19-31(20-24-33)32-21-25-36(26-22-32)47-50-42-17-9-10-18-43(42)51(47)37-13-5-2-6-14-37/h1-30H. The van der Waals surface area contributed by atoms with Crippen molar-refractivity contribution < 1.29 is 0 Å². The van der Waals surface area contributed by atoms with Crippen molar-refractivity contribution in [3.05, 3.63) is 182 Å². The second-order valence-corrected chi connectivity index (χ2v) is 12.8. The Bertz CT molecular complexity index is 2880. The quantitative estimate of drug-likeness (QED) is 0.138. The Morgan fingerprint density at radius 3 is 1.73 bits per heavy atom. The Hall–Kier alpha value is -6.91. The van der Waals surface area contributed by atoms with Crippen LogP contribution in [0.15, 0.2) is 182 Å². The van der Waals surface area contributed by atoms with Crippen molar-refractivity contribution in [1.29, 1.82) is 0 Å². The minimum Gasteiger partial charge on any atom is -0.292 e. The molecule has 0 saturated heterocycles. The first-order chi connectivity index (χ1) is 25.3. The van der Waals surface area contributed by atoms with E-state index in [1.54, 1.807) is 0 Å². The summed E-state index contributed by atoms with van der Waals surface area (Å²) in [5.74, 6) is 0.928. The Morgan fingerprint density at radius 1 is 0.353 bits per heavy atom. The fraction of sp³-hybridized carbons (Fsp3) is 0. The molecule has 3 heterocycles. The van der Waals surface area contributed by atoms with E-state index in [1.165, 1.54) is 11.1 Å². The summed E-state index contributed by atoms with van der Waals surface area (Å²) in [6, 6.07) is 63.7. The minimum atomic E-state index is 0.911. The normalized spacial score (nSPS) is 11.5. The molecule has 3 aromatic heterocycles. The van der Waals surface area contributed by atoms with Gasteiger partial charge in [-0.2, -0.15) is 0 Å². The minimum absolute atomic E-state index is 0.911. The molecule has 0 atom stereocenters. The molecule has 238 valence electrons. The molecule has 0 N–H and O–H groups in total. The van der Waals surface area contributed by atoms with Gasteiger partial charge >= 0.3 is 0 Å². The van der Waals surface area contributed by atoms with Gasteiger partial charge in [0.2, 0.25) is 0 Å². The van der Waals surface area contributed by atoms with Gasteiger partial charge in [0, 0.05) is 38.5 Å². The van der Waals surface area contributed by atoms with E-state index in [4.69, 9.17) is 15.0 Å². The van der Waals surface area contributed by atoms with Gasteiger partial charge in [-0.15, -0.1) is 0 Å². The lowest BCUT2D eigenvalue weighted by Gasteiger charge is -2.13. The van der Waals surface area contributed by atoms with Crippen molar-refractivity contribution in [1.82, 2.24) is 19.5 Å². The molecule has 10 rings (SSSR count). The van der Waals surface area contributed by atoms with Crippen LogP contribution in [-0.4, -0.2) is 19.5 Å². The summed E-state index contributed by atoms with van der Waals surface area (Å²) in [7, 11) is 0. The maximum Gasteiger partial charge on any atom is 0.145 e. The molecule has 4 nitrogen and oxygen atoms in total. The average Bonchev–Trinajstić information content (AvgIpc) is 3.60. The summed E-state index contributed by atoms with van der Waals surface area (Å²) in [6.45, 7) is 0. The molecule has 4 heteroatoms. The van der Waals surface area contributed by atoms with E-state index in [2.05, 4.69) is 174 Å². The average molecular weight is 651 g/mol. The molecule has 0 unspecified atom stereocenters. The highest BCUT2D eigenvalue weighted by atomic mass is 15.1. The van der Waals surface area contributed by atoms with E-state index in [0.29, 0.717) is 0 Å². The molecule has 0 spiro atoms. The highest BCUT2D eigenvalue weighted by Gasteiger charge is 2.16. The number of rotatable bonds is 5. The van der Waals surface area contributed by atoms with Gasteiger partial charge in [-0.3, -0.25) is 4.57 Å². The second kappa shape index (κ2) is 11.9. The highest BCUT2D eigenvalue weighted by molar-refractivity contribution is 6.16. The van der Waals surface area contributed by atoms with Gasteiger partial charge in [0.1, 0.15) is 5.82 Å². The molecule has 0 aliphatic heterocycles. The number of imidazole rings is 1. The smallest absolute Gasteiger partial charge is 0.145 e. The number of nitrogens with zero attached hydrogens (tertiary/aromatic N) is 4. The van der Waals surface area contributed by atoms with Crippen LogP contribution in [0.2, 0.25) is 0 Å². The van der Waals surface area contributed by atoms with E-state index in [9.17, 15) is 0 Å². The molecule has 0 aliphatic rings. The van der Waals surface area contributed by atoms with Crippen molar-refractivity contribution in [3.63, 3.8) is 0 Å². The summed E-state index contributed by atoms with van der Waals surface area (Å²) in [6.07, 6.45) is 0. The van der Waals surface area contributed by atoms with Gasteiger partial charge in [0.25, 0.3) is 0 Å². The molecule has 0 saturated carbocycles. The van der Waals surface area contributed by atoms with E-state index >= 15 is 0 Å². The fourth-order valence-corrected chi connectivity index (χ4v) is 7.32. The van der Waals surface area contributed by atoms with Crippen LogP contribution in [-0.2, 0) is 0 Å². The first-order valence-corrected chi connectivity index (χ1v) is 17.2. The number of para-hydroxylation sites is 4. The first-order valence-electron chi connectivity index (χ1n) is 17.2. The van der Waals surface area contributed by atoms with E-state index < -0.39 is 0 Å². The van der Waals surface area contributed by atoms with Gasteiger partial charge in [-0.05, 0) is 53.1 Å². The maximum atomic E-state index is 5.24. The number of pyridine rings is 2. The first kappa shape index (κ1) is 29.0. The van der Waals surface area contributed by atoms with Crippen LogP contribution in [0.25, 0.3) is 94.3 Å². The number of hydrogen-bond acceptors (Lipinski definition) is 3. The van der Waals surface area contributed by atoms with Crippen molar-refractivity contribution >= 4 is 43.7 Å². The van der Waals surface area contributed by atoms with Crippen LogP contribution in [0.5, 0.6) is 0 Å². The lowest BCUT2D eigenvalue weighted by Crippen LogP contribution is -1.97. The van der Waals surface area contributed by atoms with E-state index in [0.717, 1.165) is 83.2 Å². The molecular formula is C47H30N4. The van der Waals surface area contributed by atoms with Crippen LogP contribution in [0.1, 0.15) is 0 Å². The Balaban J connectivity index is 1.01. The highest BCUT2D eigenvalue weighted by Crippen LogP contribution is 2.38. The van der Waals surface area contributed by atoms with Crippen molar-refractivity contribution in [2.24, 2.45) is 0 Å². The zero-order valence-electron chi connectivity index (χ0n) is 27.6. The molecular weight excluding hydrogens is 621 g/mol. The van der Waals surface area contributed by atoms with Crippen LogP contribution < -0.4 is 0 Å². The third kappa shape index (κ3) is 4.96. The Morgan fingerprint density at radius 2 is 0.961 bits per heavy atom. The fourth-order valence-electron chi connectivity index (χ4n) is 7.32.